The summed E-state index contributed by atoms with van der Waals surface area (Å²) in [6.07, 6.45) is 0.969. The van der Waals surface area contributed by atoms with Crippen LogP contribution in [0.4, 0.5) is 0 Å². The monoisotopic (exact) mass is 224 g/mol. The van der Waals surface area contributed by atoms with Crippen LogP contribution in [-0.4, -0.2) is 42.2 Å². The summed E-state index contributed by atoms with van der Waals surface area (Å²) in [7, 11) is 4.07. The van der Waals surface area contributed by atoms with Crippen molar-refractivity contribution in [1.29, 1.82) is 0 Å². The van der Waals surface area contributed by atoms with E-state index in [0.29, 0.717) is 12.5 Å². The molecule has 1 heterocycles. The molecule has 4 heteroatoms. The third-order valence-corrected chi connectivity index (χ3v) is 2.17. The van der Waals surface area contributed by atoms with E-state index in [1.165, 1.54) is 0 Å². The average Bonchev–Trinajstić information content (AvgIpc) is 2.23. The minimum Gasteiger partial charge on any atom is -0.478 e. The molecule has 0 aliphatic heterocycles. The highest BCUT2D eigenvalue weighted by Gasteiger charge is 2.00. The van der Waals surface area contributed by atoms with Gasteiger partial charge in [-0.15, -0.1) is 0 Å². The van der Waals surface area contributed by atoms with E-state index in [0.717, 1.165) is 24.2 Å². The lowest BCUT2D eigenvalue weighted by Crippen LogP contribution is -2.15. The number of ether oxygens (including phenoxy) is 1. The summed E-state index contributed by atoms with van der Waals surface area (Å²) in [5.74, 6) is 0.600. The van der Waals surface area contributed by atoms with Gasteiger partial charge in [0, 0.05) is 18.3 Å². The molecule has 0 aliphatic carbocycles. The van der Waals surface area contributed by atoms with Crippen LogP contribution < -0.4 is 4.74 Å². The molecular weight excluding hydrogens is 204 g/mol. The van der Waals surface area contributed by atoms with E-state index in [4.69, 9.17) is 9.84 Å². The first-order valence-electron chi connectivity index (χ1n) is 5.48. The molecule has 0 saturated heterocycles. The van der Waals surface area contributed by atoms with Crippen LogP contribution in [0.1, 0.15) is 17.7 Å². The van der Waals surface area contributed by atoms with Gasteiger partial charge in [0.1, 0.15) is 0 Å². The highest BCUT2D eigenvalue weighted by molar-refractivity contribution is 5.23. The summed E-state index contributed by atoms with van der Waals surface area (Å²) >= 11 is 0. The molecule has 0 bridgehead atoms. The number of aromatic nitrogens is 1. The molecule has 0 atom stereocenters. The van der Waals surface area contributed by atoms with Gasteiger partial charge in [-0.05, 0) is 39.1 Å². The second-order valence-corrected chi connectivity index (χ2v) is 4.12. The molecule has 0 radical (unpaired) electrons. The highest BCUT2D eigenvalue weighted by Crippen LogP contribution is 2.12. The lowest BCUT2D eigenvalue weighted by Gasteiger charge is -2.10. The van der Waals surface area contributed by atoms with Gasteiger partial charge >= 0.3 is 0 Å². The summed E-state index contributed by atoms with van der Waals surface area (Å²) < 4.78 is 5.53. The summed E-state index contributed by atoms with van der Waals surface area (Å²) in [5.41, 5.74) is 1.71. The van der Waals surface area contributed by atoms with Crippen LogP contribution in [0.15, 0.2) is 12.1 Å². The van der Waals surface area contributed by atoms with Crippen LogP contribution in [0.25, 0.3) is 0 Å². The number of hydrogen-bond donors (Lipinski definition) is 1. The van der Waals surface area contributed by atoms with Crippen molar-refractivity contribution in [3.8, 4) is 5.88 Å². The molecule has 4 nitrogen and oxygen atoms in total. The van der Waals surface area contributed by atoms with Crippen molar-refractivity contribution in [2.24, 2.45) is 0 Å². The molecule has 1 aromatic heterocycles. The third-order valence-electron chi connectivity index (χ3n) is 2.17. The quantitative estimate of drug-likeness (QED) is 0.738. The van der Waals surface area contributed by atoms with Crippen LogP contribution in [0, 0.1) is 6.92 Å². The Kier molecular flexibility index (Phi) is 5.22. The van der Waals surface area contributed by atoms with Crippen LogP contribution in [-0.2, 0) is 6.61 Å². The number of aryl methyl sites for hydroxylation is 1. The second kappa shape index (κ2) is 6.45. The van der Waals surface area contributed by atoms with Gasteiger partial charge in [0.15, 0.2) is 0 Å². The molecule has 1 rings (SSSR count). The Balaban J connectivity index is 2.44. The van der Waals surface area contributed by atoms with Gasteiger partial charge in [-0.1, -0.05) is 0 Å². The van der Waals surface area contributed by atoms with Crippen molar-refractivity contribution >= 4 is 0 Å². The van der Waals surface area contributed by atoms with Gasteiger partial charge in [0.25, 0.3) is 0 Å². The summed E-state index contributed by atoms with van der Waals surface area (Å²) in [6.45, 7) is 3.57. The van der Waals surface area contributed by atoms with Gasteiger partial charge in [-0.25, -0.2) is 4.98 Å². The molecule has 1 aromatic rings. The van der Waals surface area contributed by atoms with Crippen molar-refractivity contribution < 1.29 is 9.84 Å². The standard InChI is InChI=1S/C12H20N2O2/c1-10-7-11(9-15)8-12(13-10)16-6-4-5-14(2)3/h7-8,15H,4-6,9H2,1-3H3. The molecule has 0 amide bonds. The predicted octanol–water partition coefficient (Wildman–Crippen LogP) is 1.21. The Morgan fingerprint density at radius 3 is 2.75 bits per heavy atom. The molecule has 0 saturated carbocycles. The molecule has 0 fully saturated rings. The zero-order valence-electron chi connectivity index (χ0n) is 10.2. The summed E-state index contributed by atoms with van der Waals surface area (Å²) in [6, 6.07) is 3.63. The Morgan fingerprint density at radius 1 is 1.38 bits per heavy atom. The van der Waals surface area contributed by atoms with Crippen molar-refractivity contribution in [2.75, 3.05) is 27.2 Å². The van der Waals surface area contributed by atoms with Crippen molar-refractivity contribution in [3.63, 3.8) is 0 Å². The number of aliphatic hydroxyl groups is 1. The fourth-order valence-electron chi connectivity index (χ4n) is 1.43. The highest BCUT2D eigenvalue weighted by atomic mass is 16.5. The Morgan fingerprint density at radius 2 is 2.12 bits per heavy atom. The first-order valence-corrected chi connectivity index (χ1v) is 5.48. The second-order valence-electron chi connectivity index (χ2n) is 4.12. The van der Waals surface area contributed by atoms with Gasteiger partial charge in [0.2, 0.25) is 5.88 Å². The fraction of sp³-hybridized carbons (Fsp3) is 0.583. The van der Waals surface area contributed by atoms with E-state index < -0.39 is 0 Å². The lowest BCUT2D eigenvalue weighted by molar-refractivity contribution is 0.266. The molecule has 0 aromatic carbocycles. The van der Waals surface area contributed by atoms with Gasteiger partial charge in [-0.2, -0.15) is 0 Å². The van der Waals surface area contributed by atoms with E-state index in [1.54, 1.807) is 6.07 Å². The maximum absolute atomic E-state index is 9.04. The maximum Gasteiger partial charge on any atom is 0.213 e. The third kappa shape index (κ3) is 4.59. The largest absolute Gasteiger partial charge is 0.478 e. The number of rotatable bonds is 6. The molecule has 1 N–H and O–H groups in total. The summed E-state index contributed by atoms with van der Waals surface area (Å²) in [5, 5.41) is 9.04. The molecule has 0 aliphatic rings. The maximum atomic E-state index is 9.04. The molecule has 16 heavy (non-hydrogen) atoms. The first-order chi connectivity index (χ1) is 7.61. The number of hydrogen-bond acceptors (Lipinski definition) is 4. The van der Waals surface area contributed by atoms with E-state index in [-0.39, 0.29) is 6.61 Å². The van der Waals surface area contributed by atoms with Gasteiger partial charge in [0.05, 0.1) is 13.2 Å². The van der Waals surface area contributed by atoms with E-state index >= 15 is 0 Å². The molecule has 90 valence electrons. The molecule has 0 spiro atoms. The number of pyridine rings is 1. The van der Waals surface area contributed by atoms with E-state index in [1.807, 2.05) is 27.1 Å². The van der Waals surface area contributed by atoms with Crippen molar-refractivity contribution in [3.05, 3.63) is 23.4 Å². The SMILES string of the molecule is Cc1cc(CO)cc(OCCCN(C)C)n1. The van der Waals surface area contributed by atoms with Crippen LogP contribution >= 0.6 is 0 Å². The summed E-state index contributed by atoms with van der Waals surface area (Å²) in [4.78, 5) is 6.37. The minimum absolute atomic E-state index is 0.0252. The van der Waals surface area contributed by atoms with Crippen LogP contribution in [0.3, 0.4) is 0 Å². The van der Waals surface area contributed by atoms with Gasteiger partial charge < -0.3 is 14.7 Å². The van der Waals surface area contributed by atoms with E-state index in [2.05, 4.69) is 9.88 Å². The topological polar surface area (TPSA) is 45.6 Å². The van der Waals surface area contributed by atoms with Crippen LogP contribution in [0.2, 0.25) is 0 Å². The van der Waals surface area contributed by atoms with Crippen molar-refractivity contribution in [1.82, 2.24) is 9.88 Å². The van der Waals surface area contributed by atoms with Crippen molar-refractivity contribution in [2.45, 2.75) is 20.0 Å². The predicted molar refractivity (Wildman–Crippen MR) is 63.6 cm³/mol. The Hall–Kier alpha value is -1.13. The van der Waals surface area contributed by atoms with E-state index in [9.17, 15) is 0 Å². The normalized spacial score (nSPS) is 10.8. The van der Waals surface area contributed by atoms with Gasteiger partial charge in [-0.3, -0.25) is 0 Å². The number of aliphatic hydroxyl groups excluding tert-OH is 1. The Bertz CT molecular complexity index is 327. The smallest absolute Gasteiger partial charge is 0.213 e. The first kappa shape index (κ1) is 12.9. The average molecular weight is 224 g/mol. The zero-order chi connectivity index (χ0) is 12.0. The Labute approximate surface area is 96.9 Å². The lowest BCUT2D eigenvalue weighted by atomic mass is 10.2. The van der Waals surface area contributed by atoms with Crippen LogP contribution in [0.5, 0.6) is 5.88 Å². The number of nitrogens with zero attached hydrogens (tertiary/aromatic N) is 2. The molecular formula is C12H20N2O2. The zero-order valence-corrected chi connectivity index (χ0v) is 10.2. The molecule has 0 unspecified atom stereocenters. The fourth-order valence-corrected chi connectivity index (χ4v) is 1.43. The minimum atomic E-state index is 0.0252.